The Morgan fingerprint density at radius 1 is 1.26 bits per heavy atom. The number of hydrogen-bond acceptors (Lipinski definition) is 5. The van der Waals surface area contributed by atoms with E-state index in [0.717, 1.165) is 18.4 Å². The molecule has 2 heterocycles. The molecular weight excluding hydrogens is 316 g/mol. The van der Waals surface area contributed by atoms with Gasteiger partial charge in [-0.2, -0.15) is 4.98 Å². The molecule has 6 nitrogen and oxygen atoms in total. The first-order valence-corrected chi connectivity index (χ1v) is 7.74. The lowest BCUT2D eigenvalue weighted by Gasteiger charge is -1.99. The molecule has 1 aliphatic rings. The zero-order valence-corrected chi connectivity index (χ0v) is 12.9. The van der Waals surface area contributed by atoms with Gasteiger partial charge < -0.3 is 9.51 Å². The molecule has 0 spiro atoms. The highest BCUT2D eigenvalue weighted by Gasteiger charge is 2.27. The number of H-pyrrole nitrogens is 1. The summed E-state index contributed by atoms with van der Waals surface area (Å²) >= 11 is 6.14. The monoisotopic (exact) mass is 328 g/mol. The first-order valence-electron chi connectivity index (χ1n) is 7.36. The molecule has 23 heavy (non-hydrogen) atoms. The van der Waals surface area contributed by atoms with Crippen LogP contribution in [0.15, 0.2) is 39.6 Å². The maximum Gasteiger partial charge on any atom is 0.276 e. The van der Waals surface area contributed by atoms with Crippen molar-refractivity contribution in [2.24, 2.45) is 0 Å². The van der Waals surface area contributed by atoms with Crippen LogP contribution >= 0.6 is 11.6 Å². The molecular formula is C16H13ClN4O2. The van der Waals surface area contributed by atoms with E-state index in [0.29, 0.717) is 34.7 Å². The van der Waals surface area contributed by atoms with E-state index in [1.165, 1.54) is 6.07 Å². The summed E-state index contributed by atoms with van der Waals surface area (Å²) in [5, 5.41) is 4.61. The number of nitrogens with one attached hydrogen (secondary N) is 1. The predicted octanol–water partition coefficient (Wildman–Crippen LogP) is 2.94. The minimum Gasteiger partial charge on any atom is -0.332 e. The molecule has 116 valence electrons. The van der Waals surface area contributed by atoms with Gasteiger partial charge in [-0.3, -0.25) is 4.79 Å². The number of aromatic amines is 1. The van der Waals surface area contributed by atoms with Crippen molar-refractivity contribution in [1.82, 2.24) is 20.1 Å². The Balaban J connectivity index is 1.63. The molecule has 1 saturated carbocycles. The molecule has 1 aromatic carbocycles. The van der Waals surface area contributed by atoms with Crippen LogP contribution in [0.3, 0.4) is 0 Å². The van der Waals surface area contributed by atoms with Gasteiger partial charge >= 0.3 is 0 Å². The van der Waals surface area contributed by atoms with E-state index in [9.17, 15) is 4.79 Å². The molecule has 2 aromatic heterocycles. The predicted molar refractivity (Wildman–Crippen MR) is 84.4 cm³/mol. The average molecular weight is 329 g/mol. The fourth-order valence-corrected chi connectivity index (χ4v) is 2.58. The Morgan fingerprint density at radius 2 is 2.09 bits per heavy atom. The summed E-state index contributed by atoms with van der Waals surface area (Å²) in [6, 6.07) is 8.88. The van der Waals surface area contributed by atoms with E-state index < -0.39 is 0 Å². The van der Waals surface area contributed by atoms with Crippen LogP contribution < -0.4 is 5.56 Å². The molecule has 1 fully saturated rings. The van der Waals surface area contributed by atoms with Crippen molar-refractivity contribution in [3.05, 3.63) is 62.9 Å². The van der Waals surface area contributed by atoms with E-state index in [1.54, 1.807) is 0 Å². The van der Waals surface area contributed by atoms with Crippen LogP contribution in [-0.4, -0.2) is 20.1 Å². The smallest absolute Gasteiger partial charge is 0.276 e. The zero-order chi connectivity index (χ0) is 15.8. The summed E-state index contributed by atoms with van der Waals surface area (Å²) in [5.74, 6) is 1.79. The summed E-state index contributed by atoms with van der Waals surface area (Å²) in [4.78, 5) is 23.3. The fraction of sp³-hybridized carbons (Fsp3) is 0.250. The third-order valence-corrected chi connectivity index (χ3v) is 4.09. The third-order valence-electron chi connectivity index (χ3n) is 3.72. The van der Waals surface area contributed by atoms with Crippen molar-refractivity contribution in [2.75, 3.05) is 0 Å². The van der Waals surface area contributed by atoms with Crippen molar-refractivity contribution in [2.45, 2.75) is 25.2 Å². The van der Waals surface area contributed by atoms with Gasteiger partial charge in [-0.15, -0.1) is 0 Å². The number of nitrogens with zero attached hydrogens (tertiary/aromatic N) is 3. The van der Waals surface area contributed by atoms with Gasteiger partial charge in [0.1, 0.15) is 11.5 Å². The van der Waals surface area contributed by atoms with E-state index in [-0.39, 0.29) is 11.4 Å². The Hall–Kier alpha value is -2.47. The van der Waals surface area contributed by atoms with Gasteiger partial charge in [0, 0.05) is 23.4 Å². The quantitative estimate of drug-likeness (QED) is 0.796. The minimum absolute atomic E-state index is 0.206. The first kappa shape index (κ1) is 14.1. The van der Waals surface area contributed by atoms with Crippen LogP contribution in [0, 0.1) is 0 Å². The maximum atomic E-state index is 11.8. The van der Waals surface area contributed by atoms with Crippen LogP contribution in [0.2, 0.25) is 5.02 Å². The summed E-state index contributed by atoms with van der Waals surface area (Å²) in [7, 11) is 0. The standard InChI is InChI=1S/C16H13ClN4O2/c17-11-4-2-1-3-10(11)7-13-19-16(23-21-13)12-8-14(22)20-15(18-12)9-5-6-9/h1-4,8-9H,5-7H2,(H,18,20,22). The van der Waals surface area contributed by atoms with Crippen LogP contribution in [0.4, 0.5) is 0 Å². The van der Waals surface area contributed by atoms with E-state index in [4.69, 9.17) is 16.1 Å². The topological polar surface area (TPSA) is 84.7 Å². The third kappa shape index (κ3) is 3.03. The van der Waals surface area contributed by atoms with Crippen LogP contribution in [0.5, 0.6) is 0 Å². The van der Waals surface area contributed by atoms with Crippen LogP contribution in [-0.2, 0) is 6.42 Å². The van der Waals surface area contributed by atoms with Crippen LogP contribution in [0.25, 0.3) is 11.6 Å². The Morgan fingerprint density at radius 3 is 2.87 bits per heavy atom. The second-order valence-electron chi connectivity index (χ2n) is 5.57. The molecule has 0 bridgehead atoms. The average Bonchev–Trinajstić information content (AvgIpc) is 3.29. The number of benzene rings is 1. The van der Waals surface area contributed by atoms with Crippen molar-refractivity contribution in [1.29, 1.82) is 0 Å². The van der Waals surface area contributed by atoms with Crippen molar-refractivity contribution in [3.63, 3.8) is 0 Å². The van der Waals surface area contributed by atoms with Gasteiger partial charge in [0.05, 0.1) is 0 Å². The fourth-order valence-electron chi connectivity index (χ4n) is 2.38. The van der Waals surface area contributed by atoms with Gasteiger partial charge in [0.25, 0.3) is 11.4 Å². The van der Waals surface area contributed by atoms with Crippen molar-refractivity contribution < 1.29 is 4.52 Å². The highest BCUT2D eigenvalue weighted by atomic mass is 35.5. The molecule has 1 aliphatic carbocycles. The molecule has 7 heteroatoms. The minimum atomic E-state index is -0.206. The lowest BCUT2D eigenvalue weighted by atomic mass is 10.1. The number of halogens is 1. The first-order chi connectivity index (χ1) is 11.2. The molecule has 0 radical (unpaired) electrons. The summed E-state index contributed by atoms with van der Waals surface area (Å²) in [6.07, 6.45) is 2.56. The normalized spacial score (nSPS) is 14.1. The number of rotatable bonds is 4. The van der Waals surface area contributed by atoms with Gasteiger partial charge in [0.2, 0.25) is 0 Å². The summed E-state index contributed by atoms with van der Waals surface area (Å²) in [6.45, 7) is 0. The molecule has 4 rings (SSSR count). The molecule has 0 atom stereocenters. The molecule has 1 N–H and O–H groups in total. The second kappa shape index (κ2) is 5.62. The molecule has 0 aliphatic heterocycles. The van der Waals surface area contributed by atoms with Gasteiger partial charge in [-0.05, 0) is 24.5 Å². The van der Waals surface area contributed by atoms with Crippen LogP contribution in [0.1, 0.15) is 36.0 Å². The summed E-state index contributed by atoms with van der Waals surface area (Å²) in [5.41, 5.74) is 1.12. The van der Waals surface area contributed by atoms with E-state index >= 15 is 0 Å². The zero-order valence-electron chi connectivity index (χ0n) is 12.1. The van der Waals surface area contributed by atoms with Crippen molar-refractivity contribution in [3.8, 4) is 11.6 Å². The maximum absolute atomic E-state index is 11.8. The van der Waals surface area contributed by atoms with Gasteiger partial charge in [-0.25, -0.2) is 4.98 Å². The lowest BCUT2D eigenvalue weighted by molar-refractivity contribution is 0.422. The summed E-state index contributed by atoms with van der Waals surface area (Å²) < 4.78 is 5.25. The van der Waals surface area contributed by atoms with E-state index in [2.05, 4.69) is 20.1 Å². The lowest BCUT2D eigenvalue weighted by Crippen LogP contribution is -2.10. The molecule has 0 amide bonds. The molecule has 0 unspecified atom stereocenters. The highest BCUT2D eigenvalue weighted by Crippen LogP contribution is 2.37. The number of aromatic nitrogens is 4. The Kier molecular flexibility index (Phi) is 3.46. The van der Waals surface area contributed by atoms with E-state index in [1.807, 2.05) is 24.3 Å². The molecule has 3 aromatic rings. The Labute approximate surface area is 136 Å². The Bertz CT molecular complexity index is 914. The SMILES string of the molecule is O=c1cc(-c2nc(Cc3ccccc3Cl)no2)nc(C2CC2)[nH]1. The highest BCUT2D eigenvalue weighted by molar-refractivity contribution is 6.31. The van der Waals surface area contributed by atoms with Crippen molar-refractivity contribution >= 4 is 11.6 Å². The number of hydrogen-bond donors (Lipinski definition) is 1. The molecule has 0 saturated heterocycles. The second-order valence-corrected chi connectivity index (χ2v) is 5.98. The van der Waals surface area contributed by atoms with Gasteiger partial charge in [0.15, 0.2) is 5.82 Å². The largest absolute Gasteiger partial charge is 0.332 e. The van der Waals surface area contributed by atoms with Gasteiger partial charge in [-0.1, -0.05) is 35.0 Å².